The molecule has 2 aromatic rings. The summed E-state index contributed by atoms with van der Waals surface area (Å²) in [4.78, 5) is 14.2. The molecule has 0 aliphatic rings. The number of carbonyl (C=O) groups excluding carboxylic acids is 1. The minimum Gasteiger partial charge on any atom is -0.340 e. The fraction of sp³-hybridized carbons (Fsp3) is 0.588. The number of aromatic nitrogens is 4. The first-order chi connectivity index (χ1) is 11.2. The van der Waals surface area contributed by atoms with Gasteiger partial charge in [0.1, 0.15) is 5.69 Å². The van der Waals surface area contributed by atoms with Crippen molar-refractivity contribution in [1.82, 2.24) is 24.9 Å². The van der Waals surface area contributed by atoms with E-state index in [9.17, 15) is 4.79 Å². The lowest BCUT2D eigenvalue weighted by molar-refractivity contribution is 0.0783. The number of H-pyrrole nitrogens is 1. The summed E-state index contributed by atoms with van der Waals surface area (Å²) >= 11 is 0. The largest absolute Gasteiger partial charge is 0.340 e. The maximum Gasteiger partial charge on any atom is 0.271 e. The number of nitrogens with one attached hydrogen (secondary N) is 1. The maximum absolute atomic E-state index is 12.5. The molecule has 0 saturated carbocycles. The molecule has 0 radical (unpaired) electrons. The van der Waals surface area contributed by atoms with Crippen molar-refractivity contribution in [3.05, 3.63) is 23.1 Å². The molecule has 2 rings (SSSR count). The molecule has 1 unspecified atom stereocenters. The molecule has 0 aromatic carbocycles. The number of amides is 1. The maximum atomic E-state index is 12.5. The summed E-state index contributed by atoms with van der Waals surface area (Å²) in [6, 6.07) is 1.89. The second-order valence-electron chi connectivity index (χ2n) is 6.76. The van der Waals surface area contributed by atoms with Gasteiger partial charge < -0.3 is 10.6 Å². The van der Waals surface area contributed by atoms with Crippen LogP contribution in [0.15, 0.2) is 6.07 Å². The predicted molar refractivity (Wildman–Crippen MR) is 102 cm³/mol. The van der Waals surface area contributed by atoms with E-state index in [0.717, 1.165) is 29.1 Å². The van der Waals surface area contributed by atoms with Gasteiger partial charge in [0.25, 0.3) is 5.91 Å². The summed E-state index contributed by atoms with van der Waals surface area (Å²) < 4.78 is 1.82. The average Bonchev–Trinajstić information content (AvgIpc) is 3.09. The van der Waals surface area contributed by atoms with Gasteiger partial charge in [-0.3, -0.25) is 14.6 Å². The van der Waals surface area contributed by atoms with E-state index < -0.39 is 0 Å². The molecule has 0 saturated heterocycles. The van der Waals surface area contributed by atoms with Crippen LogP contribution in [0.2, 0.25) is 0 Å². The lowest BCUT2D eigenvalue weighted by Crippen LogP contribution is -2.34. The molecule has 2 aromatic heterocycles. The van der Waals surface area contributed by atoms with Crippen molar-refractivity contribution in [2.75, 3.05) is 13.6 Å². The van der Waals surface area contributed by atoms with E-state index in [1.165, 1.54) is 0 Å². The third-order valence-electron chi connectivity index (χ3n) is 4.57. The first-order valence-corrected chi connectivity index (χ1v) is 8.29. The summed E-state index contributed by atoms with van der Waals surface area (Å²) in [5, 5.41) is 11.5. The topological polar surface area (TPSA) is 92.8 Å². The highest BCUT2D eigenvalue weighted by atomic mass is 35.5. The van der Waals surface area contributed by atoms with Crippen LogP contribution < -0.4 is 5.73 Å². The van der Waals surface area contributed by atoms with Crippen molar-refractivity contribution in [3.8, 4) is 11.3 Å². The van der Waals surface area contributed by atoms with E-state index in [1.807, 2.05) is 25.6 Å². The lowest BCUT2D eigenvalue weighted by atomic mass is 10.0. The van der Waals surface area contributed by atoms with E-state index in [4.69, 9.17) is 5.73 Å². The van der Waals surface area contributed by atoms with Crippen molar-refractivity contribution >= 4 is 18.3 Å². The number of aryl methyl sites for hydroxylation is 2. The molecule has 140 valence electrons. The van der Waals surface area contributed by atoms with Crippen molar-refractivity contribution in [2.24, 2.45) is 18.7 Å². The van der Waals surface area contributed by atoms with Crippen LogP contribution in [0.3, 0.4) is 0 Å². The molecular formula is C17H29ClN6O. The van der Waals surface area contributed by atoms with Gasteiger partial charge in [0, 0.05) is 37.9 Å². The highest BCUT2D eigenvalue weighted by Crippen LogP contribution is 2.25. The first kappa shape index (κ1) is 21.2. The number of nitrogens with zero attached hydrogens (tertiary/aromatic N) is 4. The quantitative estimate of drug-likeness (QED) is 0.818. The fourth-order valence-corrected chi connectivity index (χ4v) is 2.69. The molecule has 0 aliphatic heterocycles. The number of hydrogen-bond acceptors (Lipinski definition) is 4. The highest BCUT2D eigenvalue weighted by molar-refractivity contribution is 5.93. The Balaban J connectivity index is 0.00000312. The van der Waals surface area contributed by atoms with Crippen molar-refractivity contribution in [1.29, 1.82) is 0 Å². The molecule has 1 atom stereocenters. The van der Waals surface area contributed by atoms with Crippen molar-refractivity contribution < 1.29 is 4.79 Å². The van der Waals surface area contributed by atoms with Gasteiger partial charge in [-0.1, -0.05) is 13.8 Å². The molecule has 8 heteroatoms. The molecule has 7 nitrogen and oxygen atoms in total. The minimum absolute atomic E-state index is 0. The standard InChI is InChI=1S/C17H28N6O.ClH/c1-10(2)13(18)7-8-22(5)17(24)15-9-14(19-20-15)16-11(3)21-23(6)12(16)4;/h9-10,13H,7-8,18H2,1-6H3,(H,19,20);1H. The van der Waals surface area contributed by atoms with Gasteiger partial charge in [-0.05, 0) is 32.3 Å². The van der Waals surface area contributed by atoms with Gasteiger partial charge in [-0.15, -0.1) is 12.4 Å². The van der Waals surface area contributed by atoms with Gasteiger partial charge in [0.2, 0.25) is 0 Å². The van der Waals surface area contributed by atoms with Crippen LogP contribution in [0.1, 0.15) is 42.1 Å². The number of nitrogens with two attached hydrogens (primary N) is 1. The first-order valence-electron chi connectivity index (χ1n) is 8.29. The Morgan fingerprint density at radius 2 is 2.04 bits per heavy atom. The number of halogens is 1. The number of aromatic amines is 1. The Hall–Kier alpha value is -1.86. The lowest BCUT2D eigenvalue weighted by Gasteiger charge is -2.21. The Kier molecular flexibility index (Phi) is 7.19. The van der Waals surface area contributed by atoms with E-state index in [1.54, 1.807) is 18.0 Å². The second kappa shape index (κ2) is 8.49. The molecule has 1 amide bonds. The average molecular weight is 369 g/mol. The fourth-order valence-electron chi connectivity index (χ4n) is 2.69. The smallest absolute Gasteiger partial charge is 0.271 e. The summed E-state index contributed by atoms with van der Waals surface area (Å²) in [6.07, 6.45) is 0.779. The van der Waals surface area contributed by atoms with Crippen LogP contribution in [-0.4, -0.2) is 50.4 Å². The Morgan fingerprint density at radius 3 is 2.56 bits per heavy atom. The molecular weight excluding hydrogens is 340 g/mol. The zero-order valence-electron chi connectivity index (χ0n) is 15.8. The zero-order chi connectivity index (χ0) is 18.0. The predicted octanol–water partition coefficient (Wildman–Crippen LogP) is 2.29. The summed E-state index contributed by atoms with van der Waals surface area (Å²) in [5.41, 5.74) is 10.2. The third kappa shape index (κ3) is 4.61. The second-order valence-corrected chi connectivity index (χ2v) is 6.76. The van der Waals surface area contributed by atoms with E-state index in [2.05, 4.69) is 29.1 Å². The van der Waals surface area contributed by atoms with Crippen LogP contribution in [0.4, 0.5) is 0 Å². The van der Waals surface area contributed by atoms with Crippen LogP contribution >= 0.6 is 12.4 Å². The molecule has 0 fully saturated rings. The number of carbonyl (C=O) groups is 1. The normalized spacial score (nSPS) is 12.2. The Morgan fingerprint density at radius 1 is 1.40 bits per heavy atom. The summed E-state index contributed by atoms with van der Waals surface area (Å²) in [7, 11) is 3.69. The van der Waals surface area contributed by atoms with Crippen LogP contribution in [0.5, 0.6) is 0 Å². The van der Waals surface area contributed by atoms with Gasteiger partial charge >= 0.3 is 0 Å². The Bertz CT molecular complexity index is 721. The summed E-state index contributed by atoms with van der Waals surface area (Å²) in [6.45, 7) is 8.73. The van der Waals surface area contributed by atoms with Crippen molar-refractivity contribution in [3.63, 3.8) is 0 Å². The molecule has 2 heterocycles. The molecule has 0 spiro atoms. The number of rotatable bonds is 6. The molecule has 0 bridgehead atoms. The molecule has 0 aliphatic carbocycles. The van der Waals surface area contributed by atoms with Crippen molar-refractivity contribution in [2.45, 2.75) is 40.2 Å². The van der Waals surface area contributed by atoms with Gasteiger partial charge in [0.05, 0.1) is 11.4 Å². The monoisotopic (exact) mass is 368 g/mol. The van der Waals surface area contributed by atoms with Gasteiger partial charge in [0.15, 0.2) is 0 Å². The summed E-state index contributed by atoms with van der Waals surface area (Å²) in [5.74, 6) is 0.327. The van der Waals surface area contributed by atoms with E-state index in [-0.39, 0.29) is 24.4 Å². The van der Waals surface area contributed by atoms with Crippen LogP contribution in [0.25, 0.3) is 11.3 Å². The minimum atomic E-state index is -0.0797. The van der Waals surface area contributed by atoms with Gasteiger partial charge in [-0.2, -0.15) is 10.2 Å². The van der Waals surface area contributed by atoms with E-state index in [0.29, 0.717) is 18.2 Å². The molecule has 3 N–H and O–H groups in total. The molecule has 25 heavy (non-hydrogen) atoms. The van der Waals surface area contributed by atoms with Crippen LogP contribution in [-0.2, 0) is 7.05 Å². The highest BCUT2D eigenvalue weighted by Gasteiger charge is 2.19. The zero-order valence-corrected chi connectivity index (χ0v) is 16.6. The third-order valence-corrected chi connectivity index (χ3v) is 4.57. The van der Waals surface area contributed by atoms with Crippen LogP contribution in [0, 0.1) is 19.8 Å². The van der Waals surface area contributed by atoms with Gasteiger partial charge in [-0.25, -0.2) is 0 Å². The number of hydrogen-bond donors (Lipinski definition) is 2. The van der Waals surface area contributed by atoms with E-state index >= 15 is 0 Å². The Labute approximate surface area is 155 Å². The SMILES string of the molecule is Cc1nn(C)c(C)c1-c1cc(C(=O)N(C)CCC(N)C(C)C)[nH]n1.Cl.